The molecule has 4 aliphatic rings. The highest BCUT2D eigenvalue weighted by atomic mass is 16.6. The average molecular weight is 579 g/mol. The van der Waals surface area contributed by atoms with Gasteiger partial charge in [-0.25, -0.2) is 14.4 Å². The number of benzene rings is 2. The fourth-order valence-electron chi connectivity index (χ4n) is 7.41. The third-order valence-corrected chi connectivity index (χ3v) is 8.66. The molecule has 0 atom stereocenters. The molecule has 2 aromatic rings. The lowest BCUT2D eigenvalue weighted by Crippen LogP contribution is -2.48. The van der Waals surface area contributed by atoms with Crippen LogP contribution in [0.3, 0.4) is 0 Å². The van der Waals surface area contributed by atoms with E-state index in [1.165, 1.54) is 19.3 Å². The molecule has 0 aliphatic heterocycles. The van der Waals surface area contributed by atoms with E-state index < -0.39 is 17.9 Å². The lowest BCUT2D eigenvalue weighted by molar-refractivity contribution is -0.142. The molecule has 0 heterocycles. The van der Waals surface area contributed by atoms with Crippen LogP contribution in [0.2, 0.25) is 0 Å². The van der Waals surface area contributed by atoms with Crippen molar-refractivity contribution in [2.24, 2.45) is 17.8 Å². The zero-order valence-corrected chi connectivity index (χ0v) is 23.7. The summed E-state index contributed by atoms with van der Waals surface area (Å²) in [6.07, 6.45) is 9.98. The molecule has 42 heavy (non-hydrogen) atoms. The van der Waals surface area contributed by atoms with Crippen LogP contribution in [0.5, 0.6) is 5.75 Å². The summed E-state index contributed by atoms with van der Waals surface area (Å²) in [6.45, 7) is 0.296. The van der Waals surface area contributed by atoms with Crippen molar-refractivity contribution >= 4 is 24.0 Å². The summed E-state index contributed by atoms with van der Waals surface area (Å²) < 4.78 is 21.6. The number of hydrogen-bond acceptors (Lipinski definition) is 7. The zero-order chi connectivity index (χ0) is 29.5. The smallest absolute Gasteiger partial charge is 0.337 e. The molecule has 4 bridgehead atoms. The predicted molar refractivity (Wildman–Crippen MR) is 154 cm³/mol. The van der Waals surface area contributed by atoms with Crippen molar-refractivity contribution in [3.05, 3.63) is 59.7 Å². The van der Waals surface area contributed by atoms with Gasteiger partial charge >= 0.3 is 17.9 Å². The minimum absolute atomic E-state index is 0.00193. The van der Waals surface area contributed by atoms with Crippen LogP contribution in [0.25, 0.3) is 17.2 Å². The summed E-state index contributed by atoms with van der Waals surface area (Å²) in [5.41, 5.74) is 3.97. The average Bonchev–Trinajstić information content (AvgIpc) is 2.95. The van der Waals surface area contributed by atoms with Gasteiger partial charge < -0.3 is 29.2 Å². The SMILES string of the molecule is O=C(O)/C=C/c1ccc(-c2ccc(OC(=O)COCCOCCOCC(=O)O)c(C34CC5CC(CC(C5)C3)C4)c2)cc1. The number of rotatable bonds is 15. The largest absolute Gasteiger partial charge is 0.480 e. The third kappa shape index (κ3) is 7.65. The number of carboxylic acids is 2. The van der Waals surface area contributed by atoms with Crippen LogP contribution in [-0.4, -0.2) is 67.8 Å². The molecule has 0 unspecified atom stereocenters. The van der Waals surface area contributed by atoms with Crippen molar-refractivity contribution in [2.45, 2.75) is 43.9 Å². The molecule has 9 nitrogen and oxygen atoms in total. The van der Waals surface area contributed by atoms with Crippen LogP contribution in [0.15, 0.2) is 48.5 Å². The van der Waals surface area contributed by atoms with Gasteiger partial charge in [0, 0.05) is 11.6 Å². The maximum Gasteiger partial charge on any atom is 0.337 e. The van der Waals surface area contributed by atoms with Crippen LogP contribution >= 0.6 is 0 Å². The van der Waals surface area contributed by atoms with Crippen molar-refractivity contribution in [3.8, 4) is 16.9 Å². The highest BCUT2D eigenvalue weighted by Crippen LogP contribution is 2.62. The number of carbonyl (C=O) groups is 3. The van der Waals surface area contributed by atoms with Gasteiger partial charge in [-0.3, -0.25) is 0 Å². The Morgan fingerprint density at radius 3 is 1.93 bits per heavy atom. The van der Waals surface area contributed by atoms with Gasteiger partial charge in [0.15, 0.2) is 0 Å². The summed E-state index contributed by atoms with van der Waals surface area (Å²) in [5.74, 6) is 0.294. The number of carboxylic acid groups (broad SMARTS) is 2. The van der Waals surface area contributed by atoms with Crippen molar-refractivity contribution < 1.29 is 43.5 Å². The lowest BCUT2D eigenvalue weighted by atomic mass is 9.48. The fraction of sp³-hybridized carbons (Fsp3) is 0.485. The standard InChI is InChI=1S/C33H38O9/c34-30(35)8-3-22-1-4-26(5-2-22)27-6-7-29(42-32(38)21-41-12-10-39-9-11-40-20-31(36)37)28(16-27)33-17-23-13-24(18-33)15-25(14-23)19-33/h1-8,16,23-25H,9-15,17-21H2,(H,34,35)(H,36,37)/b8-3+. The van der Waals surface area contributed by atoms with Crippen LogP contribution in [0, 0.1) is 17.8 Å². The Morgan fingerprint density at radius 2 is 1.33 bits per heavy atom. The van der Waals surface area contributed by atoms with Crippen molar-refractivity contribution in [1.82, 2.24) is 0 Å². The molecule has 9 heteroatoms. The monoisotopic (exact) mass is 578 g/mol. The summed E-state index contributed by atoms with van der Waals surface area (Å²) in [7, 11) is 0. The van der Waals surface area contributed by atoms with E-state index in [0.29, 0.717) is 5.75 Å². The second kappa shape index (κ2) is 13.6. The quantitative estimate of drug-likeness (QED) is 0.130. The summed E-state index contributed by atoms with van der Waals surface area (Å²) >= 11 is 0. The van der Waals surface area contributed by atoms with Gasteiger partial charge in [0.1, 0.15) is 19.0 Å². The Morgan fingerprint density at radius 1 is 0.762 bits per heavy atom. The van der Waals surface area contributed by atoms with Gasteiger partial charge in [-0.2, -0.15) is 0 Å². The molecule has 2 aromatic carbocycles. The first-order valence-corrected chi connectivity index (χ1v) is 14.6. The van der Waals surface area contributed by atoms with Gasteiger partial charge in [0.05, 0.1) is 26.4 Å². The Kier molecular flexibility index (Phi) is 9.72. The number of hydrogen-bond donors (Lipinski definition) is 2. The van der Waals surface area contributed by atoms with Crippen LogP contribution < -0.4 is 4.74 Å². The topological polar surface area (TPSA) is 129 Å². The van der Waals surface area contributed by atoms with E-state index in [9.17, 15) is 14.4 Å². The Bertz CT molecular complexity index is 1260. The van der Waals surface area contributed by atoms with E-state index in [0.717, 1.165) is 65.3 Å². The molecule has 2 N–H and O–H groups in total. The van der Waals surface area contributed by atoms with Crippen LogP contribution in [0.1, 0.15) is 49.7 Å². The van der Waals surface area contributed by atoms with E-state index in [1.807, 2.05) is 36.4 Å². The normalized spacial score (nSPS) is 24.2. The molecule has 6 rings (SSSR count). The van der Waals surface area contributed by atoms with E-state index in [-0.39, 0.29) is 45.1 Å². The highest BCUT2D eigenvalue weighted by molar-refractivity contribution is 5.85. The van der Waals surface area contributed by atoms with Gasteiger partial charge in [-0.1, -0.05) is 30.3 Å². The molecule has 0 aromatic heterocycles. The van der Waals surface area contributed by atoms with Crippen molar-refractivity contribution in [1.29, 1.82) is 0 Å². The van der Waals surface area contributed by atoms with Gasteiger partial charge in [0.2, 0.25) is 0 Å². The maximum atomic E-state index is 12.8. The predicted octanol–water partition coefficient (Wildman–Crippen LogP) is 4.96. The van der Waals surface area contributed by atoms with Gasteiger partial charge in [-0.15, -0.1) is 0 Å². The molecule has 224 valence electrons. The molecule has 0 spiro atoms. The fourth-order valence-corrected chi connectivity index (χ4v) is 7.41. The second-order valence-corrected chi connectivity index (χ2v) is 11.8. The van der Waals surface area contributed by atoms with E-state index in [1.54, 1.807) is 6.08 Å². The molecule has 0 saturated heterocycles. The van der Waals surface area contributed by atoms with Gasteiger partial charge in [0.25, 0.3) is 0 Å². The molecule has 4 aliphatic carbocycles. The second-order valence-electron chi connectivity index (χ2n) is 11.8. The first kappa shape index (κ1) is 29.9. The summed E-state index contributed by atoms with van der Waals surface area (Å²) in [6, 6.07) is 13.8. The Hall–Kier alpha value is -3.53. The van der Waals surface area contributed by atoms with E-state index >= 15 is 0 Å². The van der Waals surface area contributed by atoms with Gasteiger partial charge in [-0.05, 0) is 96.6 Å². The molecular weight excluding hydrogens is 540 g/mol. The summed E-state index contributed by atoms with van der Waals surface area (Å²) in [5, 5.41) is 17.5. The van der Waals surface area contributed by atoms with Crippen LogP contribution in [-0.2, 0) is 34.0 Å². The minimum atomic E-state index is -1.03. The van der Waals surface area contributed by atoms with E-state index in [4.69, 9.17) is 29.2 Å². The summed E-state index contributed by atoms with van der Waals surface area (Å²) in [4.78, 5) is 34.1. The minimum Gasteiger partial charge on any atom is -0.480 e. The van der Waals surface area contributed by atoms with Crippen molar-refractivity contribution in [3.63, 3.8) is 0 Å². The van der Waals surface area contributed by atoms with Crippen LogP contribution in [0.4, 0.5) is 0 Å². The number of ether oxygens (including phenoxy) is 4. The number of aliphatic carboxylic acids is 2. The molecule has 4 fully saturated rings. The zero-order valence-electron chi connectivity index (χ0n) is 23.7. The first-order valence-electron chi connectivity index (χ1n) is 14.6. The molecule has 0 amide bonds. The highest BCUT2D eigenvalue weighted by Gasteiger charge is 2.52. The lowest BCUT2D eigenvalue weighted by Gasteiger charge is -2.57. The maximum absolute atomic E-state index is 12.8. The molecular formula is C33H38O9. The van der Waals surface area contributed by atoms with E-state index in [2.05, 4.69) is 6.07 Å². The first-order chi connectivity index (χ1) is 20.3. The van der Waals surface area contributed by atoms with Crippen molar-refractivity contribution in [2.75, 3.05) is 39.6 Å². The molecule has 0 radical (unpaired) electrons. The molecule has 4 saturated carbocycles. The number of carbonyl (C=O) groups excluding carboxylic acids is 1. The Labute approximate surface area is 245 Å². The Balaban J connectivity index is 1.25. The third-order valence-electron chi connectivity index (χ3n) is 8.66. The number of esters is 1.